The third kappa shape index (κ3) is 4.45. The number of nitrogens with two attached hydrogens (primary N) is 1. The van der Waals surface area contributed by atoms with Crippen LogP contribution in [0.1, 0.15) is 0 Å². The molecule has 0 spiro atoms. The Bertz CT molecular complexity index is 1600. The Morgan fingerprint density at radius 3 is 2.29 bits per heavy atom. The van der Waals surface area contributed by atoms with E-state index in [1.54, 1.807) is 36.1 Å². The number of hydrogen-bond acceptors (Lipinski definition) is 7. The highest BCUT2D eigenvalue weighted by Crippen LogP contribution is 2.34. The third-order valence-electron chi connectivity index (χ3n) is 6.73. The van der Waals surface area contributed by atoms with E-state index in [1.807, 2.05) is 30.3 Å². The van der Waals surface area contributed by atoms with Crippen molar-refractivity contribution in [2.24, 2.45) is 0 Å². The summed E-state index contributed by atoms with van der Waals surface area (Å²) in [7, 11) is 1.67. The molecule has 2 aromatic heterocycles. The molecule has 2 N–H and O–H groups in total. The lowest BCUT2D eigenvalue weighted by Gasteiger charge is -2.36. The van der Waals surface area contributed by atoms with Crippen molar-refractivity contribution in [2.45, 2.75) is 0 Å². The van der Waals surface area contributed by atoms with Crippen molar-refractivity contribution in [1.29, 1.82) is 0 Å². The SMILES string of the molecule is COc1cccc(N2CCN(c3nc(-c4ccc(F)cc4)c4c(N)n(-c5ccc(Cl)cc5)nc4n3)CC2)c1. The summed E-state index contributed by atoms with van der Waals surface area (Å²) in [5, 5.41) is 5.96. The Balaban J connectivity index is 1.38. The molecule has 0 bridgehead atoms. The second kappa shape index (κ2) is 9.83. The molecule has 1 aliphatic heterocycles. The number of piperazine rings is 1. The van der Waals surface area contributed by atoms with Crippen LogP contribution in [0.4, 0.5) is 21.8 Å². The normalized spacial score (nSPS) is 13.8. The molecule has 8 nitrogen and oxygen atoms in total. The van der Waals surface area contributed by atoms with Crippen LogP contribution in [0.25, 0.3) is 28.0 Å². The number of hydrogen-bond donors (Lipinski definition) is 1. The molecule has 1 aliphatic rings. The second-order valence-corrected chi connectivity index (χ2v) is 9.46. The molecule has 1 saturated heterocycles. The molecule has 192 valence electrons. The fourth-order valence-electron chi connectivity index (χ4n) is 4.71. The highest BCUT2D eigenvalue weighted by molar-refractivity contribution is 6.30. The lowest BCUT2D eigenvalue weighted by molar-refractivity contribution is 0.414. The molecule has 6 rings (SSSR count). The first kappa shape index (κ1) is 24.0. The van der Waals surface area contributed by atoms with E-state index in [0.717, 1.165) is 48.9 Å². The van der Waals surface area contributed by atoms with E-state index < -0.39 is 0 Å². The van der Waals surface area contributed by atoms with Gasteiger partial charge in [0.25, 0.3) is 0 Å². The predicted molar refractivity (Wildman–Crippen MR) is 149 cm³/mol. The summed E-state index contributed by atoms with van der Waals surface area (Å²) in [6, 6.07) is 21.5. The first-order chi connectivity index (χ1) is 18.5. The molecule has 0 aliphatic carbocycles. The highest BCUT2D eigenvalue weighted by Gasteiger charge is 2.24. The van der Waals surface area contributed by atoms with Crippen molar-refractivity contribution in [3.8, 4) is 22.7 Å². The Labute approximate surface area is 224 Å². The zero-order valence-electron chi connectivity index (χ0n) is 20.7. The zero-order valence-corrected chi connectivity index (χ0v) is 21.4. The number of rotatable bonds is 5. The second-order valence-electron chi connectivity index (χ2n) is 9.03. The Morgan fingerprint density at radius 1 is 0.868 bits per heavy atom. The van der Waals surface area contributed by atoms with E-state index in [1.165, 1.54) is 12.1 Å². The molecule has 5 aromatic rings. The number of anilines is 3. The molecule has 1 fully saturated rings. The average molecular weight is 530 g/mol. The summed E-state index contributed by atoms with van der Waals surface area (Å²) in [5.41, 5.74) is 10.3. The number of nitrogen functional groups attached to an aromatic ring is 1. The fourth-order valence-corrected chi connectivity index (χ4v) is 4.84. The van der Waals surface area contributed by atoms with Gasteiger partial charge in [0.1, 0.15) is 17.4 Å². The largest absolute Gasteiger partial charge is 0.497 e. The fraction of sp³-hybridized carbons (Fsp3) is 0.179. The first-order valence-corrected chi connectivity index (χ1v) is 12.6. The van der Waals surface area contributed by atoms with Crippen LogP contribution in [0, 0.1) is 5.82 Å². The number of aromatic nitrogens is 4. The van der Waals surface area contributed by atoms with Crippen molar-refractivity contribution in [3.63, 3.8) is 0 Å². The van der Waals surface area contributed by atoms with Gasteiger partial charge in [0.2, 0.25) is 5.95 Å². The maximum atomic E-state index is 13.7. The summed E-state index contributed by atoms with van der Waals surface area (Å²) in [6.45, 7) is 3.03. The van der Waals surface area contributed by atoms with Gasteiger partial charge in [0, 0.05) is 48.5 Å². The van der Waals surface area contributed by atoms with Gasteiger partial charge in [-0.2, -0.15) is 4.98 Å². The van der Waals surface area contributed by atoms with Gasteiger partial charge < -0.3 is 20.3 Å². The first-order valence-electron chi connectivity index (χ1n) is 12.2. The number of fused-ring (bicyclic) bond motifs is 1. The van der Waals surface area contributed by atoms with Gasteiger partial charge >= 0.3 is 0 Å². The maximum Gasteiger partial charge on any atom is 0.228 e. The quantitative estimate of drug-likeness (QED) is 0.335. The summed E-state index contributed by atoms with van der Waals surface area (Å²) < 4.78 is 20.8. The summed E-state index contributed by atoms with van der Waals surface area (Å²) in [5.74, 6) is 1.47. The van der Waals surface area contributed by atoms with E-state index in [2.05, 4.69) is 15.9 Å². The molecular weight excluding hydrogens is 505 g/mol. The van der Waals surface area contributed by atoms with Crippen LogP contribution >= 0.6 is 11.6 Å². The highest BCUT2D eigenvalue weighted by atomic mass is 35.5. The molecule has 38 heavy (non-hydrogen) atoms. The van der Waals surface area contributed by atoms with Gasteiger partial charge in [0.15, 0.2) is 5.65 Å². The molecule has 10 heteroatoms. The van der Waals surface area contributed by atoms with Crippen LogP contribution in [-0.4, -0.2) is 53.0 Å². The van der Waals surface area contributed by atoms with Crippen LogP contribution in [0.15, 0.2) is 72.8 Å². The number of ether oxygens (including phenoxy) is 1. The summed E-state index contributed by atoms with van der Waals surface area (Å²) in [6.07, 6.45) is 0. The minimum atomic E-state index is -0.322. The Morgan fingerprint density at radius 2 is 1.58 bits per heavy atom. The standard InChI is InChI=1S/C28H25ClFN7O/c1-38-23-4-2-3-22(17-23)35-13-15-36(16-14-35)28-32-25(18-5-9-20(30)10-6-18)24-26(31)37(34-27(24)33-28)21-11-7-19(29)8-12-21/h2-12,17H,13-16,31H2,1H3. The van der Waals surface area contributed by atoms with E-state index in [4.69, 9.17) is 37.1 Å². The molecule has 0 unspecified atom stereocenters. The van der Waals surface area contributed by atoms with Crippen molar-refractivity contribution in [1.82, 2.24) is 19.7 Å². The lowest BCUT2D eigenvalue weighted by atomic mass is 10.1. The summed E-state index contributed by atoms with van der Waals surface area (Å²) >= 11 is 6.08. The zero-order chi connectivity index (χ0) is 26.2. The van der Waals surface area contributed by atoms with Crippen LogP contribution in [0.2, 0.25) is 5.02 Å². The van der Waals surface area contributed by atoms with Gasteiger partial charge in [0.05, 0.1) is 23.9 Å². The van der Waals surface area contributed by atoms with Gasteiger partial charge in [-0.05, 0) is 60.7 Å². The maximum absolute atomic E-state index is 13.7. The van der Waals surface area contributed by atoms with E-state index in [0.29, 0.717) is 33.5 Å². The topological polar surface area (TPSA) is 85.3 Å². The number of halogens is 2. The van der Waals surface area contributed by atoms with Gasteiger partial charge in [-0.1, -0.05) is 17.7 Å². The number of benzene rings is 3. The Hall–Kier alpha value is -4.37. The van der Waals surface area contributed by atoms with Gasteiger partial charge in [-0.3, -0.25) is 0 Å². The van der Waals surface area contributed by atoms with Crippen LogP contribution in [-0.2, 0) is 0 Å². The average Bonchev–Trinajstić information content (AvgIpc) is 3.29. The molecule has 0 saturated carbocycles. The van der Waals surface area contributed by atoms with Crippen molar-refractivity contribution in [3.05, 3.63) is 83.6 Å². The number of methoxy groups -OCH3 is 1. The van der Waals surface area contributed by atoms with E-state index in [9.17, 15) is 4.39 Å². The van der Waals surface area contributed by atoms with Crippen LogP contribution in [0.5, 0.6) is 5.75 Å². The monoisotopic (exact) mass is 529 g/mol. The van der Waals surface area contributed by atoms with Crippen molar-refractivity contribution in [2.75, 3.05) is 48.8 Å². The van der Waals surface area contributed by atoms with Crippen molar-refractivity contribution < 1.29 is 9.13 Å². The molecule has 3 aromatic carbocycles. The molecule has 0 atom stereocenters. The number of nitrogens with zero attached hydrogens (tertiary/aromatic N) is 6. The smallest absolute Gasteiger partial charge is 0.228 e. The van der Waals surface area contributed by atoms with Crippen molar-refractivity contribution >= 4 is 40.1 Å². The van der Waals surface area contributed by atoms with E-state index >= 15 is 0 Å². The van der Waals surface area contributed by atoms with Gasteiger partial charge in [-0.25, -0.2) is 14.1 Å². The molecule has 0 amide bonds. The van der Waals surface area contributed by atoms with Crippen LogP contribution < -0.4 is 20.3 Å². The lowest BCUT2D eigenvalue weighted by Crippen LogP contribution is -2.47. The van der Waals surface area contributed by atoms with Gasteiger partial charge in [-0.15, -0.1) is 5.10 Å². The minimum Gasteiger partial charge on any atom is -0.497 e. The minimum absolute atomic E-state index is 0.322. The Kier molecular flexibility index (Phi) is 6.21. The molecular formula is C28H25ClFN7O. The summed E-state index contributed by atoms with van der Waals surface area (Å²) in [4.78, 5) is 14.2. The molecule has 3 heterocycles. The van der Waals surface area contributed by atoms with Crippen LogP contribution in [0.3, 0.4) is 0 Å². The molecule has 0 radical (unpaired) electrons. The predicted octanol–water partition coefficient (Wildman–Crippen LogP) is 5.19. The van der Waals surface area contributed by atoms with E-state index in [-0.39, 0.29) is 5.82 Å². The third-order valence-corrected chi connectivity index (χ3v) is 6.98.